The topological polar surface area (TPSA) is 31.2 Å². The summed E-state index contributed by atoms with van der Waals surface area (Å²) in [5, 5.41) is 6.41. The minimum atomic E-state index is 0.0138. The summed E-state index contributed by atoms with van der Waals surface area (Å²) in [5.41, 5.74) is 5.48. The number of ether oxygens (including phenoxy) is 1. The molecule has 3 heterocycles. The quantitative estimate of drug-likeness (QED) is 0.437. The number of benzene rings is 2. The molecule has 2 aromatic carbocycles. The fourth-order valence-electron chi connectivity index (χ4n) is 4.02. The number of thiophene rings is 1. The first-order chi connectivity index (χ1) is 13.6. The van der Waals surface area contributed by atoms with Gasteiger partial charge in [0.25, 0.3) is 5.56 Å². The molecule has 3 nitrogen and oxygen atoms in total. The van der Waals surface area contributed by atoms with Crippen LogP contribution in [0.5, 0.6) is 5.75 Å². The Hall–Kier alpha value is -2.56. The van der Waals surface area contributed by atoms with Crippen molar-refractivity contribution in [2.75, 3.05) is 6.61 Å². The maximum atomic E-state index is 13.3. The van der Waals surface area contributed by atoms with Gasteiger partial charge in [0.05, 0.1) is 13.2 Å². The zero-order valence-corrected chi connectivity index (χ0v) is 16.9. The molecule has 0 saturated carbocycles. The van der Waals surface area contributed by atoms with Gasteiger partial charge in [0.2, 0.25) is 0 Å². The summed E-state index contributed by atoms with van der Waals surface area (Å²) in [6, 6.07) is 13.8. The number of rotatable bonds is 3. The van der Waals surface area contributed by atoms with Gasteiger partial charge in [-0.3, -0.25) is 4.79 Å². The van der Waals surface area contributed by atoms with Crippen LogP contribution in [-0.2, 0) is 13.0 Å². The van der Waals surface area contributed by atoms with Gasteiger partial charge in [-0.2, -0.15) is 11.3 Å². The molecule has 0 atom stereocenters. The van der Waals surface area contributed by atoms with Crippen molar-refractivity contribution in [1.29, 1.82) is 0 Å². The number of hydrogen-bond donors (Lipinski definition) is 0. The Balaban J connectivity index is 1.73. The van der Waals surface area contributed by atoms with E-state index >= 15 is 0 Å². The summed E-state index contributed by atoms with van der Waals surface area (Å²) < 4.78 is 7.48. The van der Waals surface area contributed by atoms with Crippen molar-refractivity contribution in [3.05, 3.63) is 85.4 Å². The molecule has 28 heavy (non-hydrogen) atoms. The van der Waals surface area contributed by atoms with Gasteiger partial charge in [-0.1, -0.05) is 23.7 Å². The van der Waals surface area contributed by atoms with Crippen LogP contribution in [0.15, 0.2) is 58.0 Å². The average Bonchev–Trinajstić information content (AvgIpc) is 3.36. The Morgan fingerprint density at radius 1 is 1.14 bits per heavy atom. The summed E-state index contributed by atoms with van der Waals surface area (Å²) >= 11 is 7.91. The Labute approximate surface area is 171 Å². The van der Waals surface area contributed by atoms with E-state index in [1.54, 1.807) is 17.4 Å². The van der Waals surface area contributed by atoms with E-state index in [0.717, 1.165) is 46.5 Å². The van der Waals surface area contributed by atoms with Crippen molar-refractivity contribution in [2.45, 2.75) is 19.9 Å². The van der Waals surface area contributed by atoms with Crippen LogP contribution in [0.4, 0.5) is 0 Å². The third-order valence-electron chi connectivity index (χ3n) is 5.40. The van der Waals surface area contributed by atoms with Crippen molar-refractivity contribution in [3.8, 4) is 16.9 Å². The second-order valence-electron chi connectivity index (χ2n) is 7.09. The highest BCUT2D eigenvalue weighted by Crippen LogP contribution is 2.34. The molecule has 2 aromatic heterocycles. The van der Waals surface area contributed by atoms with E-state index in [1.807, 2.05) is 35.8 Å². The maximum absolute atomic E-state index is 13.3. The minimum Gasteiger partial charge on any atom is -0.493 e. The van der Waals surface area contributed by atoms with Crippen LogP contribution < -0.4 is 10.3 Å². The Bertz CT molecular complexity index is 1260. The van der Waals surface area contributed by atoms with Crippen LogP contribution in [0, 0.1) is 6.92 Å². The number of pyridine rings is 1. The lowest BCUT2D eigenvalue weighted by Crippen LogP contribution is -2.24. The van der Waals surface area contributed by atoms with Crippen molar-refractivity contribution < 1.29 is 4.74 Å². The van der Waals surface area contributed by atoms with Crippen LogP contribution >= 0.6 is 22.9 Å². The molecule has 0 radical (unpaired) electrons. The standard InChI is InChI=1S/C23H18ClNO2S/c1-14-22(17-7-9-28-13-17)20-11-18(24)3-4-19(20)23(26)25(14)12-15-2-5-21-16(10-15)6-8-27-21/h2-5,7,9-11,13H,6,8,12H2,1H3. The van der Waals surface area contributed by atoms with Crippen molar-refractivity contribution >= 4 is 33.7 Å². The first-order valence-electron chi connectivity index (χ1n) is 9.21. The van der Waals surface area contributed by atoms with Crippen molar-refractivity contribution in [3.63, 3.8) is 0 Å². The molecule has 0 N–H and O–H groups in total. The van der Waals surface area contributed by atoms with E-state index in [2.05, 4.69) is 22.9 Å². The lowest BCUT2D eigenvalue weighted by Gasteiger charge is -2.17. The second-order valence-corrected chi connectivity index (χ2v) is 8.31. The molecule has 1 aliphatic heterocycles. The highest BCUT2D eigenvalue weighted by atomic mass is 35.5. The van der Waals surface area contributed by atoms with Crippen LogP contribution in [0.2, 0.25) is 5.02 Å². The number of nitrogens with zero attached hydrogens (tertiary/aromatic N) is 1. The fraction of sp³-hybridized carbons (Fsp3) is 0.174. The number of fused-ring (bicyclic) bond motifs is 2. The Kier molecular flexibility index (Phi) is 4.26. The van der Waals surface area contributed by atoms with Gasteiger partial charge in [0, 0.05) is 28.1 Å². The normalized spacial score (nSPS) is 12.9. The fourth-order valence-corrected chi connectivity index (χ4v) is 4.84. The van der Waals surface area contributed by atoms with Crippen LogP contribution in [0.1, 0.15) is 16.8 Å². The van der Waals surface area contributed by atoms with Gasteiger partial charge in [-0.15, -0.1) is 0 Å². The van der Waals surface area contributed by atoms with E-state index in [0.29, 0.717) is 17.0 Å². The minimum absolute atomic E-state index is 0.0138. The number of hydrogen-bond acceptors (Lipinski definition) is 3. The van der Waals surface area contributed by atoms with E-state index in [4.69, 9.17) is 16.3 Å². The summed E-state index contributed by atoms with van der Waals surface area (Å²) in [4.78, 5) is 13.3. The molecule has 0 aliphatic carbocycles. The maximum Gasteiger partial charge on any atom is 0.258 e. The highest BCUT2D eigenvalue weighted by Gasteiger charge is 2.18. The van der Waals surface area contributed by atoms with E-state index < -0.39 is 0 Å². The van der Waals surface area contributed by atoms with Crippen molar-refractivity contribution in [1.82, 2.24) is 4.57 Å². The summed E-state index contributed by atoms with van der Waals surface area (Å²) in [6.07, 6.45) is 0.924. The van der Waals surface area contributed by atoms with Gasteiger partial charge >= 0.3 is 0 Å². The second kappa shape index (κ2) is 6.80. The monoisotopic (exact) mass is 407 g/mol. The average molecular weight is 408 g/mol. The molecule has 0 fully saturated rings. The first kappa shape index (κ1) is 17.5. The number of halogens is 1. The van der Waals surface area contributed by atoms with Gasteiger partial charge in [-0.25, -0.2) is 0 Å². The van der Waals surface area contributed by atoms with Gasteiger partial charge in [-0.05, 0) is 70.1 Å². The molecule has 5 rings (SSSR count). The largest absolute Gasteiger partial charge is 0.493 e. The first-order valence-corrected chi connectivity index (χ1v) is 10.5. The lowest BCUT2D eigenvalue weighted by atomic mass is 9.99. The summed E-state index contributed by atoms with van der Waals surface area (Å²) in [7, 11) is 0. The Morgan fingerprint density at radius 2 is 2.04 bits per heavy atom. The SMILES string of the molecule is Cc1c(-c2ccsc2)c2cc(Cl)ccc2c(=O)n1Cc1ccc2c(c1)CCO2. The van der Waals surface area contributed by atoms with Crippen LogP contribution in [-0.4, -0.2) is 11.2 Å². The molecular weight excluding hydrogens is 390 g/mol. The molecule has 5 heteroatoms. The molecule has 0 saturated heterocycles. The predicted molar refractivity (Wildman–Crippen MR) is 116 cm³/mol. The summed E-state index contributed by atoms with van der Waals surface area (Å²) in [6.45, 7) is 3.29. The summed E-state index contributed by atoms with van der Waals surface area (Å²) in [5.74, 6) is 0.958. The molecular formula is C23H18ClNO2S. The molecule has 1 aliphatic rings. The Morgan fingerprint density at radius 3 is 2.86 bits per heavy atom. The van der Waals surface area contributed by atoms with Gasteiger partial charge < -0.3 is 9.30 Å². The highest BCUT2D eigenvalue weighted by molar-refractivity contribution is 7.08. The lowest BCUT2D eigenvalue weighted by molar-refractivity contribution is 0.357. The molecule has 0 spiro atoms. The smallest absolute Gasteiger partial charge is 0.258 e. The molecule has 0 amide bonds. The van der Waals surface area contributed by atoms with Gasteiger partial charge in [0.1, 0.15) is 5.75 Å². The third-order valence-corrected chi connectivity index (χ3v) is 6.32. The molecule has 0 unspecified atom stereocenters. The zero-order chi connectivity index (χ0) is 19.3. The van der Waals surface area contributed by atoms with E-state index in [-0.39, 0.29) is 5.56 Å². The zero-order valence-electron chi connectivity index (χ0n) is 15.4. The van der Waals surface area contributed by atoms with Crippen molar-refractivity contribution in [2.24, 2.45) is 0 Å². The third kappa shape index (κ3) is 2.84. The van der Waals surface area contributed by atoms with Crippen LogP contribution in [0.25, 0.3) is 21.9 Å². The van der Waals surface area contributed by atoms with E-state index in [9.17, 15) is 4.79 Å². The van der Waals surface area contributed by atoms with Crippen LogP contribution in [0.3, 0.4) is 0 Å². The molecule has 4 aromatic rings. The van der Waals surface area contributed by atoms with E-state index in [1.165, 1.54) is 5.56 Å². The number of aromatic nitrogens is 1. The predicted octanol–water partition coefficient (Wildman–Crippen LogP) is 5.68. The van der Waals surface area contributed by atoms with Gasteiger partial charge in [0.15, 0.2) is 0 Å². The molecule has 140 valence electrons. The molecule has 0 bridgehead atoms.